The summed E-state index contributed by atoms with van der Waals surface area (Å²) < 4.78 is 0. The number of carbonyl (C=O) groups is 2. The van der Waals surface area contributed by atoms with E-state index in [-0.39, 0.29) is 24.8 Å². The van der Waals surface area contributed by atoms with Crippen LogP contribution in [0.1, 0.15) is 30.1 Å². The molecule has 0 atom stereocenters. The van der Waals surface area contributed by atoms with Gasteiger partial charge in [-0.2, -0.15) is 0 Å². The summed E-state index contributed by atoms with van der Waals surface area (Å²) in [5, 5.41) is 11.6. The smallest absolute Gasteiger partial charge is 0.251 e. The monoisotopic (exact) mass is 278 g/mol. The van der Waals surface area contributed by atoms with Crippen LogP contribution in [0.4, 0.5) is 0 Å². The number of carbonyl (C=O) groups excluding carboxylic acids is 2. The lowest BCUT2D eigenvalue weighted by Crippen LogP contribution is -2.36. The van der Waals surface area contributed by atoms with Crippen LogP contribution in [-0.4, -0.2) is 48.1 Å². The third-order valence-electron chi connectivity index (χ3n) is 2.88. The standard InChI is InChI=1S/C15H22N2O3/c1-2-10-17(11-12-18)14(19)8-9-16-15(20)13-6-4-3-5-7-13/h3-7,18H,2,8-12H2,1H3,(H,16,20). The minimum Gasteiger partial charge on any atom is -0.395 e. The molecule has 0 bridgehead atoms. The first-order chi connectivity index (χ1) is 9.69. The maximum Gasteiger partial charge on any atom is 0.251 e. The van der Waals surface area contributed by atoms with Gasteiger partial charge in [-0.25, -0.2) is 0 Å². The van der Waals surface area contributed by atoms with E-state index in [9.17, 15) is 9.59 Å². The fourth-order valence-corrected chi connectivity index (χ4v) is 1.88. The Balaban J connectivity index is 2.35. The van der Waals surface area contributed by atoms with Gasteiger partial charge in [-0.3, -0.25) is 9.59 Å². The summed E-state index contributed by atoms with van der Waals surface area (Å²) >= 11 is 0. The highest BCUT2D eigenvalue weighted by Crippen LogP contribution is 1.99. The Morgan fingerprint density at radius 1 is 1.20 bits per heavy atom. The molecule has 1 aromatic rings. The average Bonchev–Trinajstić information content (AvgIpc) is 2.47. The summed E-state index contributed by atoms with van der Waals surface area (Å²) in [6.07, 6.45) is 1.10. The molecule has 0 spiro atoms. The van der Waals surface area contributed by atoms with Gasteiger partial charge in [-0.15, -0.1) is 0 Å². The van der Waals surface area contributed by atoms with Crippen molar-refractivity contribution >= 4 is 11.8 Å². The van der Waals surface area contributed by atoms with Crippen LogP contribution in [0.5, 0.6) is 0 Å². The van der Waals surface area contributed by atoms with Crippen molar-refractivity contribution in [3.8, 4) is 0 Å². The molecule has 0 fully saturated rings. The molecule has 0 heterocycles. The molecule has 0 aliphatic carbocycles. The van der Waals surface area contributed by atoms with Crippen molar-refractivity contribution in [2.24, 2.45) is 0 Å². The molecular weight excluding hydrogens is 256 g/mol. The Labute approximate surface area is 119 Å². The summed E-state index contributed by atoms with van der Waals surface area (Å²) in [4.78, 5) is 25.3. The number of aliphatic hydroxyl groups excluding tert-OH is 1. The van der Waals surface area contributed by atoms with Crippen LogP contribution in [0.25, 0.3) is 0 Å². The van der Waals surface area contributed by atoms with Gasteiger partial charge in [0.05, 0.1) is 6.61 Å². The van der Waals surface area contributed by atoms with Crippen molar-refractivity contribution in [2.45, 2.75) is 19.8 Å². The molecule has 5 nitrogen and oxygen atoms in total. The zero-order valence-electron chi connectivity index (χ0n) is 11.8. The lowest BCUT2D eigenvalue weighted by molar-refractivity contribution is -0.131. The van der Waals surface area contributed by atoms with Crippen molar-refractivity contribution in [1.82, 2.24) is 10.2 Å². The molecule has 0 radical (unpaired) electrons. The molecule has 5 heteroatoms. The van der Waals surface area contributed by atoms with Crippen LogP contribution in [0.3, 0.4) is 0 Å². The first-order valence-corrected chi connectivity index (χ1v) is 6.91. The van der Waals surface area contributed by atoms with Crippen LogP contribution in [0.15, 0.2) is 30.3 Å². The molecule has 1 rings (SSSR count). The van der Waals surface area contributed by atoms with E-state index in [4.69, 9.17) is 5.11 Å². The lowest BCUT2D eigenvalue weighted by Gasteiger charge is -2.21. The summed E-state index contributed by atoms with van der Waals surface area (Å²) in [6.45, 7) is 3.22. The molecule has 0 saturated carbocycles. The Morgan fingerprint density at radius 2 is 1.90 bits per heavy atom. The molecule has 0 saturated heterocycles. The first-order valence-electron chi connectivity index (χ1n) is 6.91. The van der Waals surface area contributed by atoms with E-state index in [0.29, 0.717) is 25.2 Å². The van der Waals surface area contributed by atoms with E-state index in [1.54, 1.807) is 29.2 Å². The van der Waals surface area contributed by atoms with Gasteiger partial charge in [0.1, 0.15) is 0 Å². The predicted octanol–water partition coefficient (Wildman–Crippen LogP) is 1.04. The molecule has 110 valence electrons. The summed E-state index contributed by atoms with van der Waals surface area (Å²) in [5.74, 6) is -0.225. The average molecular weight is 278 g/mol. The summed E-state index contributed by atoms with van der Waals surface area (Å²) in [6, 6.07) is 8.89. The third kappa shape index (κ3) is 5.40. The second-order valence-electron chi connectivity index (χ2n) is 4.48. The third-order valence-corrected chi connectivity index (χ3v) is 2.88. The largest absolute Gasteiger partial charge is 0.395 e. The molecule has 2 amide bonds. The molecule has 0 aliphatic rings. The number of rotatable bonds is 8. The number of hydrogen-bond acceptors (Lipinski definition) is 3. The van der Waals surface area contributed by atoms with Crippen LogP contribution >= 0.6 is 0 Å². The maximum atomic E-state index is 11.9. The van der Waals surface area contributed by atoms with E-state index in [1.807, 2.05) is 13.0 Å². The highest BCUT2D eigenvalue weighted by molar-refractivity contribution is 5.94. The number of benzene rings is 1. The van der Waals surface area contributed by atoms with E-state index in [0.717, 1.165) is 6.42 Å². The minimum atomic E-state index is -0.178. The van der Waals surface area contributed by atoms with Crippen molar-refractivity contribution in [3.05, 3.63) is 35.9 Å². The van der Waals surface area contributed by atoms with Gasteiger partial charge in [0, 0.05) is 31.6 Å². The molecule has 2 N–H and O–H groups in total. The van der Waals surface area contributed by atoms with Crippen molar-refractivity contribution in [3.63, 3.8) is 0 Å². The maximum absolute atomic E-state index is 11.9. The highest BCUT2D eigenvalue weighted by Gasteiger charge is 2.12. The van der Waals surface area contributed by atoms with E-state index in [2.05, 4.69) is 5.32 Å². The SMILES string of the molecule is CCCN(CCO)C(=O)CCNC(=O)c1ccccc1. The zero-order chi connectivity index (χ0) is 14.8. The number of nitrogens with zero attached hydrogens (tertiary/aromatic N) is 1. The molecular formula is C15H22N2O3. The van der Waals surface area contributed by atoms with Crippen molar-refractivity contribution in [1.29, 1.82) is 0 Å². The number of amides is 2. The van der Waals surface area contributed by atoms with Crippen LogP contribution < -0.4 is 5.32 Å². The van der Waals surface area contributed by atoms with Gasteiger partial charge in [0.15, 0.2) is 0 Å². The van der Waals surface area contributed by atoms with Crippen LogP contribution in [-0.2, 0) is 4.79 Å². The van der Waals surface area contributed by atoms with E-state index < -0.39 is 0 Å². The lowest BCUT2D eigenvalue weighted by atomic mass is 10.2. The van der Waals surface area contributed by atoms with E-state index in [1.165, 1.54) is 0 Å². The predicted molar refractivity (Wildman–Crippen MR) is 77.3 cm³/mol. The van der Waals surface area contributed by atoms with Gasteiger partial charge >= 0.3 is 0 Å². The van der Waals surface area contributed by atoms with Gasteiger partial charge in [-0.05, 0) is 18.6 Å². The fourth-order valence-electron chi connectivity index (χ4n) is 1.88. The molecule has 0 aromatic heterocycles. The molecule has 20 heavy (non-hydrogen) atoms. The number of nitrogens with one attached hydrogen (secondary N) is 1. The molecule has 0 aliphatic heterocycles. The molecule has 0 unspecified atom stereocenters. The number of hydrogen-bond donors (Lipinski definition) is 2. The summed E-state index contributed by atoms with van der Waals surface area (Å²) in [7, 11) is 0. The normalized spacial score (nSPS) is 10.1. The van der Waals surface area contributed by atoms with Gasteiger partial charge in [0.2, 0.25) is 5.91 Å². The van der Waals surface area contributed by atoms with Crippen molar-refractivity contribution in [2.75, 3.05) is 26.2 Å². The first kappa shape index (κ1) is 16.2. The Morgan fingerprint density at radius 3 is 2.50 bits per heavy atom. The summed E-state index contributed by atoms with van der Waals surface area (Å²) in [5.41, 5.74) is 0.584. The highest BCUT2D eigenvalue weighted by atomic mass is 16.3. The molecule has 1 aromatic carbocycles. The van der Waals surface area contributed by atoms with Gasteiger partial charge < -0.3 is 15.3 Å². The quantitative estimate of drug-likeness (QED) is 0.746. The number of aliphatic hydroxyl groups is 1. The van der Waals surface area contributed by atoms with Crippen LogP contribution in [0, 0.1) is 0 Å². The Kier molecular flexibility index (Phi) is 7.35. The second-order valence-corrected chi connectivity index (χ2v) is 4.48. The minimum absolute atomic E-state index is 0.0396. The van der Waals surface area contributed by atoms with Gasteiger partial charge in [0.25, 0.3) is 5.91 Å². The Bertz CT molecular complexity index is 414. The second kappa shape index (κ2) is 9.09. The fraction of sp³-hybridized carbons (Fsp3) is 0.467. The van der Waals surface area contributed by atoms with E-state index >= 15 is 0 Å². The zero-order valence-corrected chi connectivity index (χ0v) is 11.8. The van der Waals surface area contributed by atoms with Crippen LogP contribution in [0.2, 0.25) is 0 Å². The van der Waals surface area contributed by atoms with Crippen molar-refractivity contribution < 1.29 is 14.7 Å². The van der Waals surface area contributed by atoms with Gasteiger partial charge in [-0.1, -0.05) is 25.1 Å². The Hall–Kier alpha value is -1.88. The topological polar surface area (TPSA) is 69.6 Å².